The Morgan fingerprint density at radius 2 is 2.29 bits per heavy atom. The number of halogens is 2. The Kier molecular flexibility index (Phi) is 2.37. The molecule has 0 bridgehead atoms. The van der Waals surface area contributed by atoms with Gasteiger partial charge in [-0.05, 0) is 22.9 Å². The second-order valence-corrected chi connectivity index (χ2v) is 7.09. The van der Waals surface area contributed by atoms with E-state index in [0.29, 0.717) is 4.96 Å². The minimum absolute atomic E-state index is 0.0153. The Labute approximate surface area is 97.1 Å². The minimum atomic E-state index is -3.77. The average molecular weight is 316 g/mol. The molecule has 4 nitrogen and oxygen atoms in total. The number of hydrogen-bond donors (Lipinski definition) is 0. The first kappa shape index (κ1) is 10.4. The van der Waals surface area contributed by atoms with Crippen LogP contribution in [0.2, 0.25) is 0 Å². The monoisotopic (exact) mass is 314 g/mol. The maximum Gasteiger partial charge on any atom is 0.280 e. The van der Waals surface area contributed by atoms with E-state index in [9.17, 15) is 8.42 Å². The SMILES string of the molecule is Cc1cn2c(S(=O)(=O)Cl)c(Br)nc2s1. The van der Waals surface area contributed by atoms with Gasteiger partial charge in [0.25, 0.3) is 9.05 Å². The van der Waals surface area contributed by atoms with Crippen LogP contribution in [-0.2, 0) is 9.05 Å². The van der Waals surface area contributed by atoms with Gasteiger partial charge < -0.3 is 0 Å². The summed E-state index contributed by atoms with van der Waals surface area (Å²) in [5.74, 6) is 0. The van der Waals surface area contributed by atoms with Gasteiger partial charge in [-0.3, -0.25) is 4.40 Å². The molecule has 76 valence electrons. The van der Waals surface area contributed by atoms with Crippen molar-refractivity contribution >= 4 is 52.0 Å². The molecule has 2 aromatic rings. The highest BCUT2D eigenvalue weighted by Gasteiger charge is 2.22. The molecule has 8 heteroatoms. The maximum absolute atomic E-state index is 11.2. The molecule has 0 N–H and O–H groups in total. The van der Waals surface area contributed by atoms with Crippen LogP contribution in [0.3, 0.4) is 0 Å². The Hall–Kier alpha value is -0.110. The summed E-state index contributed by atoms with van der Waals surface area (Å²) in [6, 6.07) is 0. The smallest absolute Gasteiger partial charge is 0.279 e. The zero-order chi connectivity index (χ0) is 10.5. The Morgan fingerprint density at radius 3 is 2.86 bits per heavy atom. The van der Waals surface area contributed by atoms with Crippen molar-refractivity contribution in [1.29, 1.82) is 0 Å². The van der Waals surface area contributed by atoms with E-state index in [0.717, 1.165) is 4.88 Å². The molecule has 0 atom stereocenters. The van der Waals surface area contributed by atoms with Gasteiger partial charge >= 0.3 is 0 Å². The third kappa shape index (κ3) is 1.58. The molecule has 0 spiro atoms. The number of thiazole rings is 1. The Balaban J connectivity index is 2.92. The highest BCUT2D eigenvalue weighted by atomic mass is 79.9. The third-order valence-electron chi connectivity index (χ3n) is 1.59. The number of rotatable bonds is 1. The zero-order valence-corrected chi connectivity index (χ0v) is 10.8. The predicted octanol–water partition coefficient (Wildman–Crippen LogP) is 2.39. The Morgan fingerprint density at radius 1 is 1.64 bits per heavy atom. The lowest BCUT2D eigenvalue weighted by Crippen LogP contribution is -1.95. The van der Waals surface area contributed by atoms with Crippen molar-refractivity contribution in [2.24, 2.45) is 0 Å². The van der Waals surface area contributed by atoms with Crippen LogP contribution >= 0.6 is 37.9 Å². The summed E-state index contributed by atoms with van der Waals surface area (Å²) in [5.41, 5.74) is 0. The quantitative estimate of drug-likeness (QED) is 0.759. The second-order valence-electron chi connectivity index (χ2n) is 2.64. The summed E-state index contributed by atoms with van der Waals surface area (Å²) < 4.78 is 24.1. The van der Waals surface area contributed by atoms with Crippen LogP contribution in [0.25, 0.3) is 4.96 Å². The van der Waals surface area contributed by atoms with Gasteiger partial charge in [0, 0.05) is 21.8 Å². The molecule has 0 amide bonds. The van der Waals surface area contributed by atoms with Crippen LogP contribution in [0.4, 0.5) is 0 Å². The van der Waals surface area contributed by atoms with E-state index in [1.807, 2.05) is 6.92 Å². The van der Waals surface area contributed by atoms with Crippen LogP contribution in [0, 0.1) is 6.92 Å². The lowest BCUT2D eigenvalue weighted by molar-refractivity contribution is 0.604. The summed E-state index contributed by atoms with van der Waals surface area (Å²) in [7, 11) is 1.51. The van der Waals surface area contributed by atoms with Crippen LogP contribution in [0.1, 0.15) is 4.88 Å². The number of imidazole rings is 1. The number of hydrogen-bond acceptors (Lipinski definition) is 4. The third-order valence-corrected chi connectivity index (χ3v) is 4.59. The topological polar surface area (TPSA) is 51.4 Å². The number of fused-ring (bicyclic) bond motifs is 1. The Bertz CT molecular complexity index is 601. The van der Waals surface area contributed by atoms with Gasteiger partial charge in [-0.2, -0.15) is 0 Å². The number of aromatic nitrogens is 2. The molecule has 0 aliphatic heterocycles. The second kappa shape index (κ2) is 3.19. The minimum Gasteiger partial charge on any atom is -0.279 e. The summed E-state index contributed by atoms with van der Waals surface area (Å²) >= 11 is 4.46. The average Bonchev–Trinajstić information content (AvgIpc) is 2.38. The molecule has 0 fully saturated rings. The molecule has 2 heterocycles. The van der Waals surface area contributed by atoms with Gasteiger partial charge in [-0.25, -0.2) is 13.4 Å². The van der Waals surface area contributed by atoms with E-state index in [1.165, 1.54) is 15.7 Å². The highest BCUT2D eigenvalue weighted by molar-refractivity contribution is 9.10. The zero-order valence-electron chi connectivity index (χ0n) is 6.86. The molecule has 0 aromatic carbocycles. The molecular weight excluding hydrogens is 312 g/mol. The van der Waals surface area contributed by atoms with Crippen molar-refractivity contribution in [1.82, 2.24) is 9.38 Å². The van der Waals surface area contributed by atoms with Crippen molar-refractivity contribution in [2.75, 3.05) is 0 Å². The van der Waals surface area contributed by atoms with E-state index in [1.54, 1.807) is 6.20 Å². The summed E-state index contributed by atoms with van der Waals surface area (Å²) in [6.45, 7) is 1.87. The van der Waals surface area contributed by atoms with Gasteiger partial charge in [-0.15, -0.1) is 11.3 Å². The fraction of sp³-hybridized carbons (Fsp3) is 0.167. The number of nitrogens with zero attached hydrogens (tertiary/aromatic N) is 2. The molecule has 0 unspecified atom stereocenters. The molecule has 0 radical (unpaired) electrons. The first-order valence-electron chi connectivity index (χ1n) is 3.48. The molecule has 2 rings (SSSR count). The van der Waals surface area contributed by atoms with Crippen LogP contribution in [0.15, 0.2) is 15.8 Å². The lowest BCUT2D eigenvalue weighted by atomic mass is 10.6. The fourth-order valence-electron chi connectivity index (χ4n) is 1.13. The van der Waals surface area contributed by atoms with Gasteiger partial charge in [0.2, 0.25) is 0 Å². The summed E-state index contributed by atoms with van der Waals surface area (Å²) in [4.78, 5) is 5.61. The van der Waals surface area contributed by atoms with E-state index in [4.69, 9.17) is 10.7 Å². The molecular formula is C6H4BrClN2O2S2. The van der Waals surface area contributed by atoms with Crippen molar-refractivity contribution in [3.05, 3.63) is 15.7 Å². The van der Waals surface area contributed by atoms with Gasteiger partial charge in [0.05, 0.1) is 0 Å². The van der Waals surface area contributed by atoms with Crippen molar-refractivity contribution in [3.8, 4) is 0 Å². The standard InChI is InChI=1S/C6H4BrClN2O2S2/c1-3-2-10-5(14(8,11)12)4(7)9-6(10)13-3/h2H,1H3. The van der Waals surface area contributed by atoms with E-state index >= 15 is 0 Å². The largest absolute Gasteiger partial charge is 0.280 e. The molecule has 14 heavy (non-hydrogen) atoms. The van der Waals surface area contributed by atoms with Crippen LogP contribution in [0.5, 0.6) is 0 Å². The molecule has 0 aliphatic carbocycles. The van der Waals surface area contributed by atoms with Crippen molar-refractivity contribution in [3.63, 3.8) is 0 Å². The van der Waals surface area contributed by atoms with Gasteiger partial charge in [0.1, 0.15) is 4.60 Å². The van der Waals surface area contributed by atoms with E-state index < -0.39 is 9.05 Å². The van der Waals surface area contributed by atoms with Gasteiger partial charge in [-0.1, -0.05) is 0 Å². The fourth-order valence-corrected chi connectivity index (χ4v) is 4.47. The maximum atomic E-state index is 11.2. The molecule has 0 saturated heterocycles. The number of aryl methyl sites for hydroxylation is 1. The molecule has 2 aromatic heterocycles. The van der Waals surface area contributed by atoms with E-state index in [-0.39, 0.29) is 9.63 Å². The lowest BCUT2D eigenvalue weighted by Gasteiger charge is -1.92. The van der Waals surface area contributed by atoms with Crippen molar-refractivity contribution < 1.29 is 8.42 Å². The summed E-state index contributed by atoms with van der Waals surface area (Å²) in [6.07, 6.45) is 1.69. The first-order chi connectivity index (χ1) is 6.39. The van der Waals surface area contributed by atoms with Crippen molar-refractivity contribution in [2.45, 2.75) is 11.9 Å². The molecule has 0 saturated carbocycles. The first-order valence-corrected chi connectivity index (χ1v) is 7.40. The highest BCUT2D eigenvalue weighted by Crippen LogP contribution is 2.29. The van der Waals surface area contributed by atoms with Crippen LogP contribution in [-0.4, -0.2) is 17.8 Å². The van der Waals surface area contributed by atoms with E-state index in [2.05, 4.69) is 20.9 Å². The van der Waals surface area contributed by atoms with Gasteiger partial charge in [0.15, 0.2) is 9.99 Å². The predicted molar refractivity (Wildman–Crippen MR) is 58.5 cm³/mol. The van der Waals surface area contributed by atoms with Crippen LogP contribution < -0.4 is 0 Å². The molecule has 0 aliphatic rings. The summed E-state index contributed by atoms with van der Waals surface area (Å²) in [5, 5.41) is -0.0153. The normalized spacial score (nSPS) is 12.5.